The minimum atomic E-state index is 0.150. The van der Waals surface area contributed by atoms with E-state index < -0.39 is 0 Å². The topological polar surface area (TPSA) is 34.1 Å². The monoisotopic (exact) mass is 372 g/mol. The lowest BCUT2D eigenvalue weighted by atomic mass is 10.2. The lowest BCUT2D eigenvalue weighted by molar-refractivity contribution is 0.122. The molecule has 2 aromatic carbocycles. The molecule has 1 aliphatic rings. The molecule has 0 radical (unpaired) electrons. The molecule has 0 N–H and O–H groups in total. The number of aliphatic imine (C=N–C) groups is 1. The van der Waals surface area contributed by atoms with Crippen LogP contribution in [-0.4, -0.2) is 38.6 Å². The Bertz CT molecular complexity index is 740. The van der Waals surface area contributed by atoms with Gasteiger partial charge in [0.25, 0.3) is 0 Å². The molecule has 0 unspecified atom stereocenters. The van der Waals surface area contributed by atoms with E-state index in [0.29, 0.717) is 10.8 Å². The lowest BCUT2D eigenvalue weighted by Crippen LogP contribution is -2.36. The summed E-state index contributed by atoms with van der Waals surface area (Å²) in [6.45, 7) is 7.57. The third kappa shape index (κ3) is 4.99. The number of hydrogen-bond acceptors (Lipinski definition) is 4. The first-order chi connectivity index (χ1) is 12.7. The molecule has 1 aliphatic heterocycles. The van der Waals surface area contributed by atoms with Crippen LogP contribution in [0, 0.1) is 0 Å². The fourth-order valence-corrected chi connectivity index (χ4v) is 2.95. The van der Waals surface area contributed by atoms with Gasteiger partial charge in [-0.25, -0.2) is 0 Å². The summed E-state index contributed by atoms with van der Waals surface area (Å²) < 4.78 is 11.2. The summed E-state index contributed by atoms with van der Waals surface area (Å²) in [5.41, 5.74) is 3.07. The first-order valence-electron chi connectivity index (χ1n) is 9.08. The Labute approximate surface area is 160 Å². The highest BCUT2D eigenvalue weighted by molar-refractivity contribution is 6.32. The van der Waals surface area contributed by atoms with Crippen LogP contribution in [0.3, 0.4) is 0 Å². The zero-order valence-electron chi connectivity index (χ0n) is 15.3. The number of benzene rings is 2. The molecule has 4 nitrogen and oxygen atoms in total. The molecule has 0 spiro atoms. The molecule has 1 atom stereocenters. The Morgan fingerprint density at radius 1 is 1.19 bits per heavy atom. The molecule has 0 aliphatic carbocycles. The summed E-state index contributed by atoms with van der Waals surface area (Å²) >= 11 is 6.32. The predicted molar refractivity (Wildman–Crippen MR) is 109 cm³/mol. The first-order valence-corrected chi connectivity index (χ1v) is 9.46. The van der Waals surface area contributed by atoms with Gasteiger partial charge in [-0.15, -0.1) is 0 Å². The normalized spacial score (nSPS) is 16.0. The van der Waals surface area contributed by atoms with Crippen LogP contribution in [-0.2, 0) is 4.74 Å². The third-order valence-electron chi connectivity index (χ3n) is 4.45. The summed E-state index contributed by atoms with van der Waals surface area (Å²) in [7, 11) is 0. The van der Waals surface area contributed by atoms with Crippen LogP contribution in [0.2, 0.25) is 5.02 Å². The van der Waals surface area contributed by atoms with Gasteiger partial charge in [-0.2, -0.15) is 0 Å². The SMILES string of the molecule is CC[C@H](C)Oc1ccc(C=Nc2ccc(N3CCOCC3)cc2)cc1Cl. The Morgan fingerprint density at radius 2 is 1.92 bits per heavy atom. The molecular formula is C21H25ClN2O2. The summed E-state index contributed by atoms with van der Waals surface area (Å²) in [5.74, 6) is 0.716. The van der Waals surface area contributed by atoms with Gasteiger partial charge < -0.3 is 14.4 Å². The van der Waals surface area contributed by atoms with Gasteiger partial charge in [0.05, 0.1) is 30.0 Å². The first kappa shape index (κ1) is 18.7. The molecule has 138 valence electrons. The quantitative estimate of drug-likeness (QED) is 0.661. The van der Waals surface area contributed by atoms with E-state index in [0.717, 1.165) is 44.0 Å². The second-order valence-electron chi connectivity index (χ2n) is 6.40. The Morgan fingerprint density at radius 3 is 2.58 bits per heavy atom. The van der Waals surface area contributed by atoms with Crippen molar-refractivity contribution in [2.45, 2.75) is 26.4 Å². The number of nitrogens with zero attached hydrogens (tertiary/aromatic N) is 2. The number of halogens is 1. The van der Waals surface area contributed by atoms with Crippen molar-refractivity contribution < 1.29 is 9.47 Å². The van der Waals surface area contributed by atoms with E-state index in [1.165, 1.54) is 5.69 Å². The van der Waals surface area contributed by atoms with Crippen LogP contribution in [0.15, 0.2) is 47.5 Å². The van der Waals surface area contributed by atoms with Gasteiger partial charge in [-0.1, -0.05) is 18.5 Å². The fraction of sp³-hybridized carbons (Fsp3) is 0.381. The predicted octanol–water partition coefficient (Wildman–Crippen LogP) is 5.10. The van der Waals surface area contributed by atoms with Crippen LogP contribution >= 0.6 is 11.6 Å². The van der Waals surface area contributed by atoms with E-state index in [4.69, 9.17) is 21.1 Å². The van der Waals surface area contributed by atoms with Crippen molar-refractivity contribution in [3.63, 3.8) is 0 Å². The fourth-order valence-electron chi connectivity index (χ4n) is 2.71. The van der Waals surface area contributed by atoms with Gasteiger partial charge in [-0.3, -0.25) is 4.99 Å². The molecule has 26 heavy (non-hydrogen) atoms. The van der Waals surface area contributed by atoms with Crippen molar-refractivity contribution in [1.29, 1.82) is 0 Å². The minimum absolute atomic E-state index is 0.150. The Balaban J connectivity index is 1.64. The molecule has 1 saturated heterocycles. The summed E-state index contributed by atoms with van der Waals surface area (Å²) in [6.07, 6.45) is 2.92. The van der Waals surface area contributed by atoms with Crippen LogP contribution in [0.25, 0.3) is 0 Å². The molecule has 2 aromatic rings. The molecular weight excluding hydrogens is 348 g/mol. The summed E-state index contributed by atoms with van der Waals surface area (Å²) in [4.78, 5) is 6.87. The third-order valence-corrected chi connectivity index (χ3v) is 4.74. The molecule has 5 heteroatoms. The van der Waals surface area contributed by atoms with Crippen molar-refractivity contribution in [3.8, 4) is 5.75 Å². The average molecular weight is 373 g/mol. The Kier molecular flexibility index (Phi) is 6.53. The maximum absolute atomic E-state index is 6.32. The number of rotatable bonds is 6. The van der Waals surface area contributed by atoms with Crippen molar-refractivity contribution in [1.82, 2.24) is 0 Å². The average Bonchev–Trinajstić information content (AvgIpc) is 2.69. The maximum Gasteiger partial charge on any atom is 0.138 e. The van der Waals surface area contributed by atoms with E-state index in [9.17, 15) is 0 Å². The van der Waals surface area contributed by atoms with E-state index in [2.05, 4.69) is 28.9 Å². The van der Waals surface area contributed by atoms with Gasteiger partial charge in [0.2, 0.25) is 0 Å². The van der Waals surface area contributed by atoms with Gasteiger partial charge in [0, 0.05) is 25.0 Å². The summed E-state index contributed by atoms with van der Waals surface area (Å²) in [6, 6.07) is 14.0. The smallest absolute Gasteiger partial charge is 0.138 e. The molecule has 3 rings (SSSR count). The van der Waals surface area contributed by atoms with Crippen LogP contribution in [0.5, 0.6) is 5.75 Å². The molecule has 0 aromatic heterocycles. The highest BCUT2D eigenvalue weighted by Crippen LogP contribution is 2.27. The number of hydrogen-bond donors (Lipinski definition) is 0. The molecule has 1 heterocycles. The van der Waals surface area contributed by atoms with Crippen LogP contribution in [0.1, 0.15) is 25.8 Å². The van der Waals surface area contributed by atoms with Gasteiger partial charge in [0.1, 0.15) is 5.75 Å². The second-order valence-corrected chi connectivity index (χ2v) is 6.81. The highest BCUT2D eigenvalue weighted by Gasteiger charge is 2.10. The number of ether oxygens (including phenoxy) is 2. The van der Waals surface area contributed by atoms with Crippen molar-refractivity contribution in [3.05, 3.63) is 53.1 Å². The molecule has 0 bridgehead atoms. The van der Waals surface area contributed by atoms with E-state index in [1.807, 2.05) is 43.5 Å². The minimum Gasteiger partial charge on any atom is -0.489 e. The maximum atomic E-state index is 6.32. The van der Waals surface area contributed by atoms with Crippen molar-refractivity contribution in [2.24, 2.45) is 4.99 Å². The largest absolute Gasteiger partial charge is 0.489 e. The zero-order chi connectivity index (χ0) is 18.4. The van der Waals surface area contributed by atoms with Crippen LogP contribution < -0.4 is 9.64 Å². The van der Waals surface area contributed by atoms with Crippen molar-refractivity contribution >= 4 is 29.2 Å². The van der Waals surface area contributed by atoms with Crippen LogP contribution in [0.4, 0.5) is 11.4 Å². The summed E-state index contributed by atoms with van der Waals surface area (Å²) in [5, 5.41) is 0.608. The highest BCUT2D eigenvalue weighted by atomic mass is 35.5. The molecule has 0 amide bonds. The molecule has 0 saturated carbocycles. The molecule has 1 fully saturated rings. The number of anilines is 1. The Hall–Kier alpha value is -2.04. The van der Waals surface area contributed by atoms with Gasteiger partial charge in [0.15, 0.2) is 0 Å². The van der Waals surface area contributed by atoms with Crippen molar-refractivity contribution in [2.75, 3.05) is 31.2 Å². The van der Waals surface area contributed by atoms with E-state index in [-0.39, 0.29) is 6.10 Å². The zero-order valence-corrected chi connectivity index (χ0v) is 16.1. The van der Waals surface area contributed by atoms with Gasteiger partial charge in [-0.05, 0) is 61.4 Å². The standard InChI is InChI=1S/C21H25ClN2O2/c1-3-16(2)26-21-9-4-17(14-20(21)22)15-23-18-5-7-19(8-6-18)24-10-12-25-13-11-24/h4-9,14-16H,3,10-13H2,1-2H3/t16-/m0/s1. The van der Waals surface area contributed by atoms with E-state index >= 15 is 0 Å². The second kappa shape index (κ2) is 9.06. The lowest BCUT2D eigenvalue weighted by Gasteiger charge is -2.28. The van der Waals surface area contributed by atoms with Gasteiger partial charge >= 0.3 is 0 Å². The van der Waals surface area contributed by atoms with E-state index in [1.54, 1.807) is 0 Å². The number of morpholine rings is 1.